The molecule has 7 heteroatoms. The first-order valence-corrected chi connectivity index (χ1v) is 6.53. The zero-order valence-electron chi connectivity index (χ0n) is 10.5. The van der Waals surface area contributed by atoms with Crippen LogP contribution in [0.5, 0.6) is 0 Å². The minimum Gasteiger partial charge on any atom is -0.457 e. The van der Waals surface area contributed by atoms with Crippen LogP contribution in [0.25, 0.3) is 0 Å². The molecule has 0 spiro atoms. The van der Waals surface area contributed by atoms with E-state index in [1.165, 1.54) is 0 Å². The molecule has 0 aliphatic heterocycles. The summed E-state index contributed by atoms with van der Waals surface area (Å²) in [5.74, 6) is -2.86. The summed E-state index contributed by atoms with van der Waals surface area (Å²) in [7, 11) is 0. The Kier molecular flexibility index (Phi) is 4.52. The first kappa shape index (κ1) is 15.4. The van der Waals surface area contributed by atoms with Crippen LogP contribution >= 0.6 is 15.9 Å². The fourth-order valence-electron chi connectivity index (χ4n) is 1.60. The summed E-state index contributed by atoms with van der Waals surface area (Å²) in [6.07, 6.45) is 0. The lowest BCUT2D eigenvalue weighted by Gasteiger charge is -2.08. The molecule has 2 rings (SSSR count). The lowest BCUT2D eigenvalue weighted by molar-refractivity contribution is 0.0467. The van der Waals surface area contributed by atoms with Crippen LogP contribution in [0, 0.1) is 17.5 Å². The molecule has 0 radical (unpaired) electrons. The van der Waals surface area contributed by atoms with Crippen molar-refractivity contribution in [2.24, 2.45) is 0 Å². The van der Waals surface area contributed by atoms with E-state index in [9.17, 15) is 18.0 Å². The second-order valence-corrected chi connectivity index (χ2v) is 5.02. The van der Waals surface area contributed by atoms with Gasteiger partial charge in [-0.1, -0.05) is 0 Å². The van der Waals surface area contributed by atoms with E-state index in [0.29, 0.717) is 0 Å². The van der Waals surface area contributed by atoms with Crippen LogP contribution in [-0.4, -0.2) is 5.97 Å². The van der Waals surface area contributed by atoms with E-state index in [1.54, 1.807) is 0 Å². The predicted molar refractivity (Wildman–Crippen MR) is 74.0 cm³/mol. The molecule has 0 fully saturated rings. The number of carbonyl (C=O) groups is 1. The van der Waals surface area contributed by atoms with Crippen molar-refractivity contribution in [3.8, 4) is 0 Å². The third kappa shape index (κ3) is 3.55. The molecule has 2 aromatic rings. The van der Waals surface area contributed by atoms with Crippen molar-refractivity contribution in [3.05, 3.63) is 63.4 Å². The number of esters is 1. The minimum absolute atomic E-state index is 0.00860. The zero-order valence-corrected chi connectivity index (χ0v) is 12.1. The van der Waals surface area contributed by atoms with Crippen LogP contribution in [0.2, 0.25) is 0 Å². The Hall–Kier alpha value is -2.02. The van der Waals surface area contributed by atoms with Crippen molar-refractivity contribution < 1.29 is 22.7 Å². The Balaban J connectivity index is 2.15. The van der Waals surface area contributed by atoms with Crippen molar-refractivity contribution >= 4 is 27.6 Å². The van der Waals surface area contributed by atoms with E-state index in [-0.39, 0.29) is 21.3 Å². The van der Waals surface area contributed by atoms with Gasteiger partial charge in [0, 0.05) is 10.0 Å². The highest BCUT2D eigenvalue weighted by Crippen LogP contribution is 2.24. The van der Waals surface area contributed by atoms with Crippen molar-refractivity contribution in [1.29, 1.82) is 0 Å². The highest BCUT2D eigenvalue weighted by Gasteiger charge is 2.16. The summed E-state index contributed by atoms with van der Waals surface area (Å²) in [4.78, 5) is 11.9. The molecule has 0 aliphatic rings. The zero-order chi connectivity index (χ0) is 15.6. The topological polar surface area (TPSA) is 52.3 Å². The van der Waals surface area contributed by atoms with Crippen LogP contribution < -0.4 is 5.73 Å². The predicted octanol–water partition coefficient (Wildman–Crippen LogP) is 3.81. The molecule has 0 atom stereocenters. The SMILES string of the molecule is Nc1cc(C(=O)OCc2cc(F)ccc2F)c(Br)cc1F. The number of benzene rings is 2. The monoisotopic (exact) mass is 359 g/mol. The van der Waals surface area contributed by atoms with Gasteiger partial charge in [0.1, 0.15) is 24.1 Å². The Labute approximate surface area is 126 Å². The smallest absolute Gasteiger partial charge is 0.339 e. The molecule has 0 saturated heterocycles. The molecule has 0 unspecified atom stereocenters. The lowest BCUT2D eigenvalue weighted by atomic mass is 10.2. The fourth-order valence-corrected chi connectivity index (χ4v) is 2.07. The largest absolute Gasteiger partial charge is 0.457 e. The first-order valence-electron chi connectivity index (χ1n) is 5.74. The number of rotatable bonds is 3. The maximum Gasteiger partial charge on any atom is 0.339 e. The Morgan fingerprint density at radius 2 is 1.86 bits per heavy atom. The van der Waals surface area contributed by atoms with Gasteiger partial charge in [0.2, 0.25) is 0 Å². The summed E-state index contributed by atoms with van der Waals surface area (Å²) < 4.78 is 44.6. The van der Waals surface area contributed by atoms with E-state index >= 15 is 0 Å². The van der Waals surface area contributed by atoms with Gasteiger partial charge in [-0.2, -0.15) is 0 Å². The van der Waals surface area contributed by atoms with Crippen molar-refractivity contribution in [2.45, 2.75) is 6.61 Å². The van der Waals surface area contributed by atoms with Gasteiger partial charge >= 0.3 is 5.97 Å². The maximum atomic E-state index is 13.4. The van der Waals surface area contributed by atoms with Gasteiger partial charge in [-0.25, -0.2) is 18.0 Å². The molecule has 0 aliphatic carbocycles. The number of anilines is 1. The summed E-state index contributed by atoms with van der Waals surface area (Å²) in [5, 5.41) is 0. The Morgan fingerprint density at radius 1 is 1.14 bits per heavy atom. The average molecular weight is 360 g/mol. The average Bonchev–Trinajstić information content (AvgIpc) is 2.43. The van der Waals surface area contributed by atoms with Crippen LogP contribution in [0.15, 0.2) is 34.8 Å². The molecule has 0 amide bonds. The second-order valence-electron chi connectivity index (χ2n) is 4.17. The van der Waals surface area contributed by atoms with E-state index < -0.39 is 30.0 Å². The van der Waals surface area contributed by atoms with Crippen molar-refractivity contribution in [3.63, 3.8) is 0 Å². The van der Waals surface area contributed by atoms with Gasteiger partial charge < -0.3 is 10.5 Å². The number of nitrogens with two attached hydrogens (primary N) is 1. The minimum atomic E-state index is -0.836. The van der Waals surface area contributed by atoms with Crippen LogP contribution in [0.1, 0.15) is 15.9 Å². The van der Waals surface area contributed by atoms with E-state index in [4.69, 9.17) is 10.5 Å². The Morgan fingerprint density at radius 3 is 2.57 bits per heavy atom. The van der Waals surface area contributed by atoms with Crippen molar-refractivity contribution in [1.82, 2.24) is 0 Å². The fraction of sp³-hybridized carbons (Fsp3) is 0.0714. The van der Waals surface area contributed by atoms with Gasteiger partial charge in [-0.05, 0) is 46.3 Å². The van der Waals surface area contributed by atoms with E-state index in [1.807, 2.05) is 0 Å². The summed E-state index contributed by atoms with van der Waals surface area (Å²) in [6, 6.07) is 4.94. The molecular formula is C14H9BrF3NO2. The van der Waals surface area contributed by atoms with Gasteiger partial charge in [-0.3, -0.25) is 0 Å². The molecule has 2 aromatic carbocycles. The molecule has 21 heavy (non-hydrogen) atoms. The molecule has 2 N–H and O–H groups in total. The van der Waals surface area contributed by atoms with Gasteiger partial charge in [0.15, 0.2) is 0 Å². The van der Waals surface area contributed by atoms with Gasteiger partial charge in [-0.15, -0.1) is 0 Å². The standard InChI is InChI=1S/C14H9BrF3NO2/c15-10-5-12(18)13(19)4-9(10)14(20)21-6-7-3-8(16)1-2-11(7)17/h1-5H,6,19H2. The molecule has 0 saturated carbocycles. The van der Waals surface area contributed by atoms with Crippen LogP contribution in [0.3, 0.4) is 0 Å². The highest BCUT2D eigenvalue weighted by molar-refractivity contribution is 9.10. The first-order chi connectivity index (χ1) is 9.88. The molecule has 0 heterocycles. The quantitative estimate of drug-likeness (QED) is 0.669. The highest BCUT2D eigenvalue weighted by atomic mass is 79.9. The molecule has 3 nitrogen and oxygen atoms in total. The maximum absolute atomic E-state index is 13.4. The third-order valence-electron chi connectivity index (χ3n) is 2.67. The van der Waals surface area contributed by atoms with Crippen LogP contribution in [-0.2, 0) is 11.3 Å². The van der Waals surface area contributed by atoms with E-state index in [0.717, 1.165) is 30.3 Å². The van der Waals surface area contributed by atoms with Crippen LogP contribution in [0.4, 0.5) is 18.9 Å². The van der Waals surface area contributed by atoms with Crippen molar-refractivity contribution in [2.75, 3.05) is 5.73 Å². The number of hydrogen-bond acceptors (Lipinski definition) is 3. The Bertz CT molecular complexity index is 707. The molecule has 0 bridgehead atoms. The number of halogens is 4. The normalized spacial score (nSPS) is 10.5. The number of carbonyl (C=O) groups excluding carboxylic acids is 1. The number of hydrogen-bond donors (Lipinski definition) is 1. The number of nitrogen functional groups attached to an aromatic ring is 1. The third-order valence-corrected chi connectivity index (χ3v) is 3.33. The summed E-state index contributed by atoms with van der Waals surface area (Å²) in [6.45, 7) is -0.452. The summed E-state index contributed by atoms with van der Waals surface area (Å²) >= 11 is 3.00. The van der Waals surface area contributed by atoms with Gasteiger partial charge in [0.05, 0.1) is 11.3 Å². The molecule has 0 aromatic heterocycles. The lowest BCUT2D eigenvalue weighted by Crippen LogP contribution is -2.08. The molecular weight excluding hydrogens is 351 g/mol. The number of ether oxygens (including phenoxy) is 1. The summed E-state index contributed by atoms with van der Waals surface area (Å²) in [5.41, 5.74) is 5.03. The molecule has 110 valence electrons. The van der Waals surface area contributed by atoms with Gasteiger partial charge in [0.25, 0.3) is 0 Å². The second kappa shape index (κ2) is 6.17. The van der Waals surface area contributed by atoms with E-state index in [2.05, 4.69) is 15.9 Å².